The smallest absolute Gasteiger partial charge is 0.291 e. The van der Waals surface area contributed by atoms with Crippen LogP contribution in [0.1, 0.15) is 27.8 Å². The number of hydrogen-bond donors (Lipinski definition) is 2. The summed E-state index contributed by atoms with van der Waals surface area (Å²) in [6, 6.07) is 15.0. The van der Waals surface area contributed by atoms with Crippen molar-refractivity contribution in [1.82, 2.24) is 0 Å². The molecule has 28 heavy (non-hydrogen) atoms. The SMILES string of the molecule is CCOc1ccc(C(=O)Nc2ccc(NC(=O)c3ccco3)c(OC)c2)cc1. The topological polar surface area (TPSA) is 89.8 Å². The number of nitrogens with one attached hydrogen (secondary N) is 2. The average Bonchev–Trinajstić information content (AvgIpc) is 3.25. The maximum Gasteiger partial charge on any atom is 0.291 e. The molecule has 3 rings (SSSR count). The van der Waals surface area contributed by atoms with E-state index in [2.05, 4.69) is 10.6 Å². The standard InChI is InChI=1S/C21H20N2O5/c1-3-27-16-9-6-14(7-10-16)20(24)22-15-8-11-17(19(13-15)26-2)23-21(25)18-5-4-12-28-18/h4-13H,3H2,1-2H3,(H,22,24)(H,23,25). The summed E-state index contributed by atoms with van der Waals surface area (Å²) in [4.78, 5) is 24.6. The van der Waals surface area contributed by atoms with Crippen molar-refractivity contribution in [3.8, 4) is 11.5 Å². The van der Waals surface area contributed by atoms with Gasteiger partial charge >= 0.3 is 0 Å². The molecule has 2 N–H and O–H groups in total. The van der Waals surface area contributed by atoms with Gasteiger partial charge in [-0.3, -0.25) is 9.59 Å². The lowest BCUT2D eigenvalue weighted by atomic mass is 10.2. The molecule has 0 aliphatic carbocycles. The summed E-state index contributed by atoms with van der Waals surface area (Å²) < 4.78 is 15.8. The second-order valence-electron chi connectivity index (χ2n) is 5.76. The molecule has 7 nitrogen and oxygen atoms in total. The van der Waals surface area contributed by atoms with E-state index in [4.69, 9.17) is 13.9 Å². The fourth-order valence-corrected chi connectivity index (χ4v) is 2.54. The first kappa shape index (κ1) is 19.0. The monoisotopic (exact) mass is 380 g/mol. The quantitative estimate of drug-likeness (QED) is 0.641. The van der Waals surface area contributed by atoms with Crippen molar-refractivity contribution in [3.05, 3.63) is 72.2 Å². The Morgan fingerprint density at radius 2 is 1.79 bits per heavy atom. The molecule has 1 aromatic heterocycles. The number of hydrogen-bond acceptors (Lipinski definition) is 5. The van der Waals surface area contributed by atoms with Crippen LogP contribution in [0.25, 0.3) is 0 Å². The summed E-state index contributed by atoms with van der Waals surface area (Å²) >= 11 is 0. The molecule has 1 heterocycles. The van der Waals surface area contributed by atoms with Gasteiger partial charge in [0.25, 0.3) is 11.8 Å². The molecule has 3 aromatic rings. The third-order valence-electron chi connectivity index (χ3n) is 3.88. The van der Waals surface area contributed by atoms with E-state index < -0.39 is 5.91 Å². The normalized spacial score (nSPS) is 10.2. The molecule has 7 heteroatoms. The number of amides is 2. The summed E-state index contributed by atoms with van der Waals surface area (Å²) in [5, 5.41) is 5.51. The molecule has 0 atom stereocenters. The lowest BCUT2D eigenvalue weighted by Gasteiger charge is -2.12. The van der Waals surface area contributed by atoms with Crippen molar-refractivity contribution >= 4 is 23.2 Å². The zero-order chi connectivity index (χ0) is 19.9. The van der Waals surface area contributed by atoms with Crippen molar-refractivity contribution in [3.63, 3.8) is 0 Å². The summed E-state index contributed by atoms with van der Waals surface area (Å²) in [7, 11) is 1.48. The highest BCUT2D eigenvalue weighted by Gasteiger charge is 2.13. The summed E-state index contributed by atoms with van der Waals surface area (Å²) in [5.74, 6) is 0.642. The molecule has 2 aromatic carbocycles. The van der Waals surface area contributed by atoms with E-state index in [9.17, 15) is 9.59 Å². The fourth-order valence-electron chi connectivity index (χ4n) is 2.54. The number of benzene rings is 2. The van der Waals surface area contributed by atoms with Crippen LogP contribution in [0.3, 0.4) is 0 Å². The molecule has 0 radical (unpaired) electrons. The summed E-state index contributed by atoms with van der Waals surface area (Å²) in [6.45, 7) is 2.46. The second-order valence-corrected chi connectivity index (χ2v) is 5.76. The minimum Gasteiger partial charge on any atom is -0.494 e. The zero-order valence-electron chi connectivity index (χ0n) is 15.5. The average molecular weight is 380 g/mol. The molecular formula is C21H20N2O5. The van der Waals surface area contributed by atoms with Crippen LogP contribution in [-0.2, 0) is 0 Å². The van der Waals surface area contributed by atoms with Gasteiger partial charge in [-0.15, -0.1) is 0 Å². The maximum absolute atomic E-state index is 12.4. The first-order valence-corrected chi connectivity index (χ1v) is 8.68. The Morgan fingerprint density at radius 3 is 2.43 bits per heavy atom. The molecule has 0 fully saturated rings. The van der Waals surface area contributed by atoms with Crippen molar-refractivity contribution in [2.75, 3.05) is 24.4 Å². The van der Waals surface area contributed by atoms with E-state index in [-0.39, 0.29) is 11.7 Å². The van der Waals surface area contributed by atoms with Gasteiger partial charge in [-0.25, -0.2) is 0 Å². The minimum atomic E-state index is -0.394. The molecule has 144 valence electrons. The van der Waals surface area contributed by atoms with Crippen molar-refractivity contribution in [2.24, 2.45) is 0 Å². The molecule has 0 unspecified atom stereocenters. The molecule has 0 spiro atoms. The lowest BCUT2D eigenvalue weighted by Crippen LogP contribution is -2.13. The Kier molecular flexibility index (Phi) is 5.96. The zero-order valence-corrected chi connectivity index (χ0v) is 15.5. The van der Waals surface area contributed by atoms with Crippen molar-refractivity contribution < 1.29 is 23.5 Å². The van der Waals surface area contributed by atoms with Crippen molar-refractivity contribution in [1.29, 1.82) is 0 Å². The Balaban J connectivity index is 1.70. The van der Waals surface area contributed by atoms with Crippen LogP contribution in [-0.4, -0.2) is 25.5 Å². The van der Waals surface area contributed by atoms with E-state index in [1.165, 1.54) is 13.4 Å². The number of rotatable bonds is 7. The summed E-state index contributed by atoms with van der Waals surface area (Å²) in [5.41, 5.74) is 1.49. The van der Waals surface area contributed by atoms with Gasteiger partial charge in [0, 0.05) is 17.3 Å². The number of furan rings is 1. The minimum absolute atomic E-state index is 0.190. The number of carbonyl (C=O) groups is 2. The van der Waals surface area contributed by atoms with Gasteiger partial charge in [0.15, 0.2) is 5.76 Å². The van der Waals surface area contributed by atoms with Gasteiger partial charge in [-0.05, 0) is 55.5 Å². The van der Waals surface area contributed by atoms with E-state index in [1.54, 1.807) is 54.6 Å². The van der Waals surface area contributed by atoms with Gasteiger partial charge in [-0.1, -0.05) is 0 Å². The third-order valence-corrected chi connectivity index (χ3v) is 3.88. The van der Waals surface area contributed by atoms with Crippen LogP contribution >= 0.6 is 0 Å². The first-order valence-electron chi connectivity index (χ1n) is 8.68. The molecule has 2 amide bonds. The van der Waals surface area contributed by atoms with Crippen LogP contribution in [0, 0.1) is 0 Å². The molecule has 0 saturated carbocycles. The number of carbonyl (C=O) groups excluding carboxylic acids is 2. The number of methoxy groups -OCH3 is 1. The third kappa shape index (κ3) is 4.50. The highest BCUT2D eigenvalue weighted by molar-refractivity contribution is 6.05. The Bertz CT molecular complexity index is 949. The largest absolute Gasteiger partial charge is 0.494 e. The Morgan fingerprint density at radius 1 is 1.00 bits per heavy atom. The molecule has 0 aliphatic rings. The van der Waals surface area contributed by atoms with Crippen LogP contribution in [0.15, 0.2) is 65.3 Å². The highest BCUT2D eigenvalue weighted by Crippen LogP contribution is 2.29. The van der Waals surface area contributed by atoms with Gasteiger partial charge in [-0.2, -0.15) is 0 Å². The molecule has 0 saturated heterocycles. The first-order chi connectivity index (χ1) is 13.6. The maximum atomic E-state index is 12.4. The fraction of sp³-hybridized carbons (Fsp3) is 0.143. The predicted molar refractivity (Wildman–Crippen MR) is 105 cm³/mol. The Hall–Kier alpha value is -3.74. The van der Waals surface area contributed by atoms with Crippen molar-refractivity contribution in [2.45, 2.75) is 6.92 Å². The van der Waals surface area contributed by atoms with Gasteiger partial charge in [0.05, 0.1) is 25.7 Å². The summed E-state index contributed by atoms with van der Waals surface area (Å²) in [6.07, 6.45) is 1.42. The van der Waals surface area contributed by atoms with Crippen LogP contribution in [0.5, 0.6) is 11.5 Å². The number of anilines is 2. The van der Waals surface area contributed by atoms with Gasteiger partial charge < -0.3 is 24.5 Å². The van der Waals surface area contributed by atoms with Gasteiger partial charge in [0.2, 0.25) is 0 Å². The predicted octanol–water partition coefficient (Wildman–Crippen LogP) is 4.19. The Labute approximate surface area is 162 Å². The number of ether oxygens (including phenoxy) is 2. The van der Waals surface area contributed by atoms with E-state index in [0.29, 0.717) is 35.0 Å². The highest BCUT2D eigenvalue weighted by atomic mass is 16.5. The van der Waals surface area contributed by atoms with Crippen LogP contribution < -0.4 is 20.1 Å². The van der Waals surface area contributed by atoms with E-state index in [0.717, 1.165) is 0 Å². The van der Waals surface area contributed by atoms with Crippen LogP contribution in [0.2, 0.25) is 0 Å². The molecular weight excluding hydrogens is 360 g/mol. The van der Waals surface area contributed by atoms with E-state index in [1.807, 2.05) is 6.92 Å². The molecule has 0 bridgehead atoms. The van der Waals surface area contributed by atoms with Gasteiger partial charge in [0.1, 0.15) is 11.5 Å². The molecule has 0 aliphatic heterocycles. The lowest BCUT2D eigenvalue weighted by molar-refractivity contribution is 0.0994. The second kappa shape index (κ2) is 8.77. The van der Waals surface area contributed by atoms with Crippen LogP contribution in [0.4, 0.5) is 11.4 Å². The van der Waals surface area contributed by atoms with E-state index >= 15 is 0 Å².